The molecule has 1 heterocycles. The number of nitrogens with two attached hydrogens (primary N) is 1. The highest BCUT2D eigenvalue weighted by Crippen LogP contribution is 2.44. The van der Waals surface area contributed by atoms with Gasteiger partial charge in [0.15, 0.2) is 11.5 Å². The zero-order valence-electron chi connectivity index (χ0n) is 18.0. The molecule has 0 radical (unpaired) electrons. The average molecular weight is 511 g/mol. The lowest BCUT2D eigenvalue weighted by Crippen LogP contribution is -2.02. The molecule has 0 fully saturated rings. The Balaban J connectivity index is 1.80. The van der Waals surface area contributed by atoms with Crippen molar-refractivity contribution >= 4 is 40.6 Å². The van der Waals surface area contributed by atoms with Gasteiger partial charge in [-0.25, -0.2) is 4.98 Å². The van der Waals surface area contributed by atoms with Gasteiger partial charge >= 0.3 is 0 Å². The highest BCUT2D eigenvalue weighted by Gasteiger charge is 2.20. The number of benzene rings is 3. The predicted molar refractivity (Wildman–Crippen MR) is 137 cm³/mol. The number of hydrogen-bond acceptors (Lipinski definition) is 5. The van der Waals surface area contributed by atoms with Crippen LogP contribution in [0.15, 0.2) is 66.9 Å². The van der Waals surface area contributed by atoms with E-state index in [1.165, 1.54) is 7.11 Å². The van der Waals surface area contributed by atoms with Gasteiger partial charge in [0.25, 0.3) is 0 Å². The van der Waals surface area contributed by atoms with Crippen molar-refractivity contribution in [2.45, 2.75) is 6.61 Å². The van der Waals surface area contributed by atoms with Gasteiger partial charge in [-0.1, -0.05) is 71.2 Å². The summed E-state index contributed by atoms with van der Waals surface area (Å²) in [6.45, 7) is 0.159. The van der Waals surface area contributed by atoms with Crippen LogP contribution in [0, 0.1) is 11.3 Å². The van der Waals surface area contributed by atoms with Crippen LogP contribution in [0.5, 0.6) is 11.5 Å². The molecule has 4 rings (SSSR count). The lowest BCUT2D eigenvalue weighted by Gasteiger charge is -2.17. The molecule has 1 aromatic heterocycles. The molecule has 0 bridgehead atoms. The normalized spacial score (nSPS) is 10.6. The average Bonchev–Trinajstić information content (AvgIpc) is 2.84. The fraction of sp³-hybridized carbons (Fsp3) is 0.0769. The fourth-order valence-corrected chi connectivity index (χ4v) is 4.30. The molecule has 0 saturated carbocycles. The molecule has 0 unspecified atom stereocenters. The molecule has 0 saturated heterocycles. The molecule has 0 spiro atoms. The number of halogens is 3. The number of nitrogen functional groups attached to an aromatic ring is 1. The standard InChI is InChI=1S/C26H18Cl3N3O2/c1-33-23-10-17(9-22(29)25(23)34-14-16-7-8-18(27)11-21(16)28)24-19(12-30)26(31)32-13-20(24)15-5-3-2-4-6-15/h2-11,13H,14H2,1H3,(H2,31,32). The molecule has 0 amide bonds. The van der Waals surface area contributed by atoms with E-state index in [0.717, 1.165) is 16.7 Å². The Kier molecular flexibility index (Phi) is 7.14. The van der Waals surface area contributed by atoms with Crippen LogP contribution in [0.2, 0.25) is 15.1 Å². The van der Waals surface area contributed by atoms with Crippen LogP contribution in [0.1, 0.15) is 11.1 Å². The molecule has 4 aromatic rings. The van der Waals surface area contributed by atoms with E-state index in [4.69, 9.17) is 50.0 Å². The van der Waals surface area contributed by atoms with Gasteiger partial charge in [-0.15, -0.1) is 0 Å². The Morgan fingerprint density at radius 1 is 0.971 bits per heavy atom. The first-order valence-electron chi connectivity index (χ1n) is 10.1. The highest BCUT2D eigenvalue weighted by atomic mass is 35.5. The molecule has 3 aromatic carbocycles. The van der Waals surface area contributed by atoms with E-state index in [2.05, 4.69) is 11.1 Å². The minimum Gasteiger partial charge on any atom is -0.493 e. The molecule has 5 nitrogen and oxygen atoms in total. The van der Waals surface area contributed by atoms with Gasteiger partial charge in [-0.3, -0.25) is 0 Å². The van der Waals surface area contributed by atoms with E-state index in [-0.39, 0.29) is 18.0 Å². The zero-order chi connectivity index (χ0) is 24.2. The van der Waals surface area contributed by atoms with Crippen LogP contribution < -0.4 is 15.2 Å². The molecule has 2 N–H and O–H groups in total. The monoisotopic (exact) mass is 509 g/mol. The van der Waals surface area contributed by atoms with Crippen LogP contribution >= 0.6 is 34.8 Å². The second-order valence-electron chi connectivity index (χ2n) is 7.30. The third-order valence-electron chi connectivity index (χ3n) is 5.21. The summed E-state index contributed by atoms with van der Waals surface area (Å²) in [7, 11) is 1.52. The van der Waals surface area contributed by atoms with Crippen molar-refractivity contribution in [2.75, 3.05) is 12.8 Å². The summed E-state index contributed by atoms with van der Waals surface area (Å²) in [6.07, 6.45) is 1.65. The van der Waals surface area contributed by atoms with Crippen molar-refractivity contribution in [1.82, 2.24) is 4.98 Å². The first kappa shape index (κ1) is 23.7. The number of anilines is 1. The van der Waals surface area contributed by atoms with Crippen molar-refractivity contribution in [2.24, 2.45) is 0 Å². The number of methoxy groups -OCH3 is 1. The molecule has 0 aliphatic heterocycles. The summed E-state index contributed by atoms with van der Waals surface area (Å²) in [4.78, 5) is 4.22. The minimum absolute atomic E-state index is 0.130. The van der Waals surface area contributed by atoms with Crippen molar-refractivity contribution < 1.29 is 9.47 Å². The number of nitrogens with zero attached hydrogens (tertiary/aromatic N) is 2. The second-order valence-corrected chi connectivity index (χ2v) is 8.55. The summed E-state index contributed by atoms with van der Waals surface area (Å²) < 4.78 is 11.5. The number of pyridine rings is 1. The van der Waals surface area contributed by atoms with E-state index in [1.807, 2.05) is 30.3 Å². The Bertz CT molecular complexity index is 1400. The van der Waals surface area contributed by atoms with E-state index in [1.54, 1.807) is 36.5 Å². The van der Waals surface area contributed by atoms with Crippen molar-refractivity contribution in [1.29, 1.82) is 5.26 Å². The van der Waals surface area contributed by atoms with Gasteiger partial charge in [0.1, 0.15) is 24.1 Å². The third-order valence-corrected chi connectivity index (χ3v) is 6.08. The van der Waals surface area contributed by atoms with Crippen LogP contribution in [0.25, 0.3) is 22.3 Å². The number of hydrogen-bond donors (Lipinski definition) is 1. The molecule has 170 valence electrons. The van der Waals surface area contributed by atoms with E-state index in [9.17, 15) is 5.26 Å². The molecule has 0 aliphatic carbocycles. The first-order chi connectivity index (χ1) is 16.4. The summed E-state index contributed by atoms with van der Waals surface area (Å²) in [6, 6.07) is 20.4. The molecule has 0 aliphatic rings. The minimum atomic E-state index is 0.130. The van der Waals surface area contributed by atoms with Gasteiger partial charge in [0.2, 0.25) is 0 Å². The largest absolute Gasteiger partial charge is 0.493 e. The lowest BCUT2D eigenvalue weighted by molar-refractivity contribution is 0.285. The van der Waals surface area contributed by atoms with Gasteiger partial charge in [-0.2, -0.15) is 5.26 Å². The van der Waals surface area contributed by atoms with E-state index >= 15 is 0 Å². The van der Waals surface area contributed by atoms with Gasteiger partial charge in [0.05, 0.1) is 12.1 Å². The van der Waals surface area contributed by atoms with Crippen molar-refractivity contribution in [3.05, 3.63) is 93.1 Å². The Morgan fingerprint density at radius 3 is 2.41 bits per heavy atom. The SMILES string of the molecule is COc1cc(-c2c(-c3ccccc3)cnc(N)c2C#N)cc(Cl)c1OCc1ccc(Cl)cc1Cl. The van der Waals surface area contributed by atoms with Crippen LogP contribution in [0.3, 0.4) is 0 Å². The summed E-state index contributed by atoms with van der Waals surface area (Å²) >= 11 is 18.9. The number of rotatable bonds is 6. The number of aromatic nitrogens is 1. The summed E-state index contributed by atoms with van der Waals surface area (Å²) in [5, 5.41) is 11.2. The predicted octanol–water partition coefficient (Wildman–Crippen LogP) is 7.42. The topological polar surface area (TPSA) is 81.2 Å². The van der Waals surface area contributed by atoms with Gasteiger partial charge < -0.3 is 15.2 Å². The van der Waals surface area contributed by atoms with E-state index in [0.29, 0.717) is 37.7 Å². The lowest BCUT2D eigenvalue weighted by atomic mass is 9.92. The van der Waals surface area contributed by atoms with Crippen molar-refractivity contribution in [3.63, 3.8) is 0 Å². The summed E-state index contributed by atoms with van der Waals surface area (Å²) in [5.74, 6) is 0.872. The highest BCUT2D eigenvalue weighted by molar-refractivity contribution is 6.35. The Hall–Kier alpha value is -3.43. The zero-order valence-corrected chi connectivity index (χ0v) is 20.2. The number of nitriles is 1. The van der Waals surface area contributed by atoms with Crippen molar-refractivity contribution in [3.8, 4) is 39.8 Å². The third kappa shape index (κ3) is 4.76. The van der Waals surface area contributed by atoms with Gasteiger partial charge in [-0.05, 0) is 35.4 Å². The molecule has 0 atom stereocenters. The fourth-order valence-electron chi connectivity index (χ4n) is 3.57. The smallest absolute Gasteiger partial charge is 0.180 e. The van der Waals surface area contributed by atoms with Crippen LogP contribution in [-0.4, -0.2) is 12.1 Å². The Morgan fingerprint density at radius 2 is 1.74 bits per heavy atom. The van der Waals surface area contributed by atoms with Crippen LogP contribution in [-0.2, 0) is 6.61 Å². The number of ether oxygens (including phenoxy) is 2. The van der Waals surface area contributed by atoms with Gasteiger partial charge in [0, 0.05) is 32.9 Å². The maximum absolute atomic E-state index is 9.86. The maximum atomic E-state index is 9.86. The maximum Gasteiger partial charge on any atom is 0.180 e. The first-order valence-corrected chi connectivity index (χ1v) is 11.2. The van der Waals surface area contributed by atoms with Crippen LogP contribution in [0.4, 0.5) is 5.82 Å². The molecule has 34 heavy (non-hydrogen) atoms. The Labute approximate surface area is 212 Å². The van der Waals surface area contributed by atoms with E-state index < -0.39 is 0 Å². The molecular formula is C26H18Cl3N3O2. The second kappa shape index (κ2) is 10.2. The quantitative estimate of drug-likeness (QED) is 0.292. The molecule has 8 heteroatoms. The summed E-state index contributed by atoms with van der Waals surface area (Å²) in [5.41, 5.74) is 9.91. The molecular weight excluding hydrogens is 493 g/mol.